The second-order valence-electron chi connectivity index (χ2n) is 9.31. The first kappa shape index (κ1) is 25.3. The molecule has 0 spiro atoms. The number of nitrogens with two attached hydrogens (primary N) is 2. The number of ether oxygens (including phenoxy) is 1. The molecule has 0 bridgehead atoms. The molecule has 188 valence electrons. The molecule has 8 heteroatoms. The minimum absolute atomic E-state index is 0.0163. The van der Waals surface area contributed by atoms with Gasteiger partial charge in [-0.1, -0.05) is 24.6 Å². The normalized spacial score (nSPS) is 16.2. The Morgan fingerprint density at radius 3 is 2.64 bits per heavy atom. The van der Waals surface area contributed by atoms with Crippen molar-refractivity contribution in [2.75, 3.05) is 19.8 Å². The van der Waals surface area contributed by atoms with E-state index >= 15 is 0 Å². The summed E-state index contributed by atoms with van der Waals surface area (Å²) in [6.07, 6.45) is 5.90. The third-order valence-corrected chi connectivity index (χ3v) is 6.29. The van der Waals surface area contributed by atoms with E-state index in [2.05, 4.69) is 32.9 Å². The summed E-state index contributed by atoms with van der Waals surface area (Å²) in [7, 11) is 0. The maximum atomic E-state index is 14.8. The smallest absolute Gasteiger partial charge is 0.176 e. The molecule has 0 atom stereocenters. The Bertz CT molecular complexity index is 1350. The maximum absolute atomic E-state index is 14.8. The lowest BCUT2D eigenvalue weighted by Crippen LogP contribution is -2.48. The molecule has 0 unspecified atom stereocenters. The molecule has 0 aliphatic carbocycles. The van der Waals surface area contributed by atoms with Crippen LogP contribution >= 0.6 is 0 Å². The number of benzene rings is 1. The number of nitrogens with zero attached hydrogens (tertiary/aromatic N) is 3. The van der Waals surface area contributed by atoms with Gasteiger partial charge in [-0.15, -0.1) is 0 Å². The van der Waals surface area contributed by atoms with Crippen LogP contribution in [0.3, 0.4) is 0 Å². The van der Waals surface area contributed by atoms with Crippen LogP contribution < -0.4 is 11.5 Å². The number of H-pyrrole nitrogens is 1. The SMILES string of the molecule is CCc1cc(C)ccc1N=C(N)/C(=C/N)C(=NCC1(F)COC1)c1cc(-c2cnc(C)cc2C)c[nH]1. The molecule has 2 aromatic heterocycles. The Kier molecular flexibility index (Phi) is 7.35. The van der Waals surface area contributed by atoms with Gasteiger partial charge in [-0.25, -0.2) is 9.38 Å². The molecule has 1 aliphatic heterocycles. The molecule has 1 fully saturated rings. The Labute approximate surface area is 211 Å². The number of hydrogen-bond acceptors (Lipinski definition) is 5. The van der Waals surface area contributed by atoms with Gasteiger partial charge in [0.15, 0.2) is 5.67 Å². The van der Waals surface area contributed by atoms with Crippen molar-refractivity contribution < 1.29 is 9.13 Å². The molecular weight excluding hydrogens is 455 g/mol. The van der Waals surface area contributed by atoms with Gasteiger partial charge in [-0.3, -0.25) is 9.98 Å². The van der Waals surface area contributed by atoms with Gasteiger partial charge in [-0.05, 0) is 56.5 Å². The quantitative estimate of drug-likeness (QED) is 0.317. The first-order chi connectivity index (χ1) is 17.2. The van der Waals surface area contributed by atoms with Crippen molar-refractivity contribution >= 4 is 17.2 Å². The Morgan fingerprint density at radius 1 is 1.22 bits per heavy atom. The highest BCUT2D eigenvalue weighted by Gasteiger charge is 2.39. The maximum Gasteiger partial charge on any atom is 0.176 e. The Balaban J connectivity index is 1.75. The van der Waals surface area contributed by atoms with Crippen molar-refractivity contribution in [1.29, 1.82) is 0 Å². The number of alkyl halides is 1. The summed E-state index contributed by atoms with van der Waals surface area (Å²) in [5.41, 5.74) is 19.5. The molecule has 1 saturated heterocycles. The average Bonchev–Trinajstić information content (AvgIpc) is 3.31. The van der Waals surface area contributed by atoms with Gasteiger partial charge < -0.3 is 21.2 Å². The fourth-order valence-corrected chi connectivity index (χ4v) is 4.22. The number of aryl methyl sites for hydroxylation is 4. The molecule has 0 amide bonds. The highest BCUT2D eigenvalue weighted by Crippen LogP contribution is 2.27. The molecule has 36 heavy (non-hydrogen) atoms. The number of nitrogens with one attached hydrogen (secondary N) is 1. The van der Waals surface area contributed by atoms with Crippen LogP contribution in [-0.2, 0) is 11.2 Å². The number of pyridine rings is 1. The summed E-state index contributed by atoms with van der Waals surface area (Å²) in [5, 5.41) is 0. The van der Waals surface area contributed by atoms with Gasteiger partial charge in [0.25, 0.3) is 0 Å². The van der Waals surface area contributed by atoms with Crippen LogP contribution in [-0.4, -0.2) is 46.9 Å². The third-order valence-electron chi connectivity index (χ3n) is 6.29. The van der Waals surface area contributed by atoms with Crippen LogP contribution in [0.15, 0.2) is 64.5 Å². The van der Waals surface area contributed by atoms with Crippen molar-refractivity contribution in [2.24, 2.45) is 21.5 Å². The minimum atomic E-state index is -1.50. The zero-order chi connectivity index (χ0) is 25.9. The molecule has 1 aromatic carbocycles. The van der Waals surface area contributed by atoms with E-state index in [-0.39, 0.29) is 25.6 Å². The van der Waals surface area contributed by atoms with Crippen LogP contribution in [0.5, 0.6) is 0 Å². The van der Waals surface area contributed by atoms with Gasteiger partial charge in [0.05, 0.1) is 42.4 Å². The fourth-order valence-electron chi connectivity index (χ4n) is 4.22. The number of rotatable bonds is 8. The van der Waals surface area contributed by atoms with Crippen molar-refractivity contribution in [3.05, 3.63) is 82.6 Å². The molecule has 5 N–H and O–H groups in total. The van der Waals surface area contributed by atoms with Crippen LogP contribution in [0.1, 0.15) is 35.0 Å². The molecule has 0 radical (unpaired) electrons. The molecular formula is C28H33FN6O. The molecule has 4 rings (SSSR count). The number of amidine groups is 1. The lowest BCUT2D eigenvalue weighted by Gasteiger charge is -2.32. The second-order valence-corrected chi connectivity index (χ2v) is 9.31. The zero-order valence-corrected chi connectivity index (χ0v) is 21.2. The first-order valence-corrected chi connectivity index (χ1v) is 12.0. The van der Waals surface area contributed by atoms with Gasteiger partial charge in [0, 0.05) is 35.4 Å². The zero-order valence-electron chi connectivity index (χ0n) is 21.2. The number of aliphatic imine (C=N–C) groups is 2. The van der Waals surface area contributed by atoms with Crippen molar-refractivity contribution in [2.45, 2.75) is 39.8 Å². The number of aromatic nitrogens is 2. The topological polar surface area (TPSA) is 115 Å². The summed E-state index contributed by atoms with van der Waals surface area (Å²) in [6, 6.07) is 9.99. The molecule has 3 aromatic rings. The van der Waals surface area contributed by atoms with Crippen molar-refractivity contribution in [1.82, 2.24) is 9.97 Å². The molecule has 1 aliphatic rings. The largest absolute Gasteiger partial charge is 0.404 e. The van der Waals surface area contributed by atoms with Crippen LogP contribution in [0.25, 0.3) is 11.1 Å². The Morgan fingerprint density at radius 2 is 2.00 bits per heavy atom. The van der Waals surface area contributed by atoms with E-state index < -0.39 is 5.67 Å². The summed E-state index contributed by atoms with van der Waals surface area (Å²) < 4.78 is 19.9. The number of aromatic amines is 1. The molecule has 3 heterocycles. The predicted molar refractivity (Wildman–Crippen MR) is 144 cm³/mol. The van der Waals surface area contributed by atoms with E-state index in [9.17, 15) is 4.39 Å². The van der Waals surface area contributed by atoms with Gasteiger partial charge in [-0.2, -0.15) is 0 Å². The van der Waals surface area contributed by atoms with Gasteiger partial charge in [0.1, 0.15) is 5.84 Å². The summed E-state index contributed by atoms with van der Waals surface area (Å²) in [5.74, 6) is 0.205. The van der Waals surface area contributed by atoms with Crippen LogP contribution in [0, 0.1) is 20.8 Å². The van der Waals surface area contributed by atoms with Crippen molar-refractivity contribution in [3.63, 3.8) is 0 Å². The average molecular weight is 489 g/mol. The monoisotopic (exact) mass is 488 g/mol. The van der Waals surface area contributed by atoms with Crippen LogP contribution in [0.4, 0.5) is 10.1 Å². The van der Waals surface area contributed by atoms with Gasteiger partial charge >= 0.3 is 0 Å². The van der Waals surface area contributed by atoms with Crippen LogP contribution in [0.2, 0.25) is 0 Å². The second kappa shape index (κ2) is 10.5. The van der Waals surface area contributed by atoms with E-state index in [0.29, 0.717) is 17.0 Å². The summed E-state index contributed by atoms with van der Waals surface area (Å²) in [4.78, 5) is 17.0. The van der Waals surface area contributed by atoms with Crippen molar-refractivity contribution in [3.8, 4) is 11.1 Å². The van der Waals surface area contributed by atoms with E-state index in [0.717, 1.165) is 45.6 Å². The van der Waals surface area contributed by atoms with E-state index in [1.807, 2.05) is 57.4 Å². The molecule has 7 nitrogen and oxygen atoms in total. The number of hydrogen-bond donors (Lipinski definition) is 3. The summed E-state index contributed by atoms with van der Waals surface area (Å²) in [6.45, 7) is 8.07. The third kappa shape index (κ3) is 5.39. The highest BCUT2D eigenvalue weighted by atomic mass is 19.1. The predicted octanol–water partition coefficient (Wildman–Crippen LogP) is 4.62. The van der Waals surface area contributed by atoms with E-state index in [4.69, 9.17) is 16.2 Å². The first-order valence-electron chi connectivity index (χ1n) is 12.0. The highest BCUT2D eigenvalue weighted by molar-refractivity contribution is 6.29. The van der Waals surface area contributed by atoms with E-state index in [1.165, 1.54) is 6.20 Å². The fraction of sp³-hybridized carbons (Fsp3) is 0.321. The minimum Gasteiger partial charge on any atom is -0.404 e. The lowest BCUT2D eigenvalue weighted by atomic mass is 10.0. The van der Waals surface area contributed by atoms with E-state index in [1.54, 1.807) is 0 Å². The number of halogens is 1. The molecule has 0 saturated carbocycles. The van der Waals surface area contributed by atoms with Gasteiger partial charge in [0.2, 0.25) is 0 Å². The lowest BCUT2D eigenvalue weighted by molar-refractivity contribution is -0.122. The summed E-state index contributed by atoms with van der Waals surface area (Å²) >= 11 is 0. The standard InChI is InChI=1S/C28H33FN6O/c1-5-20-8-17(2)6-7-24(20)35-27(31)22(11-30)26(34-14-28(29)15-36-16-28)25-10-21(12-33-25)23-13-32-19(4)9-18(23)3/h6-13,33H,5,14-16,30H2,1-4H3,(H2,31,35)/b22-11+,34-26?. The Hall–Kier alpha value is -3.78.